The largest absolute Gasteiger partial charge is 0.481 e. The van der Waals surface area contributed by atoms with E-state index in [9.17, 15) is 10.1 Å². The van der Waals surface area contributed by atoms with Crippen LogP contribution in [0.4, 0.5) is 0 Å². The number of hydrogen-bond acceptors (Lipinski definition) is 2. The van der Waals surface area contributed by atoms with Gasteiger partial charge in [-0.05, 0) is 43.4 Å². The van der Waals surface area contributed by atoms with Crippen molar-refractivity contribution < 1.29 is 9.90 Å². The van der Waals surface area contributed by atoms with Crippen LogP contribution in [0, 0.1) is 17.2 Å². The molecule has 2 rings (SSSR count). The predicted molar refractivity (Wildman–Crippen MR) is 68.3 cm³/mol. The molecule has 0 amide bonds. The monoisotopic (exact) mass is 263 g/mol. The highest BCUT2D eigenvalue weighted by molar-refractivity contribution is 6.30. The second-order valence-corrected chi connectivity index (χ2v) is 5.25. The minimum atomic E-state index is -0.757. The number of nitriles is 1. The summed E-state index contributed by atoms with van der Waals surface area (Å²) < 4.78 is 0. The molecular formula is C14H14ClNO2. The molecule has 94 valence electrons. The molecule has 1 aliphatic rings. The lowest BCUT2D eigenvalue weighted by Gasteiger charge is -2.33. The Morgan fingerprint density at radius 1 is 1.44 bits per heavy atom. The number of benzene rings is 1. The number of halogens is 1. The van der Waals surface area contributed by atoms with Gasteiger partial charge in [0.2, 0.25) is 0 Å². The zero-order valence-corrected chi connectivity index (χ0v) is 10.7. The third-order valence-corrected chi connectivity index (χ3v) is 4.01. The first-order valence-corrected chi connectivity index (χ1v) is 6.35. The van der Waals surface area contributed by atoms with E-state index in [-0.39, 0.29) is 5.92 Å². The molecule has 1 aromatic carbocycles. The van der Waals surface area contributed by atoms with E-state index in [1.54, 1.807) is 6.07 Å². The molecule has 18 heavy (non-hydrogen) atoms. The van der Waals surface area contributed by atoms with Gasteiger partial charge in [0, 0.05) is 5.02 Å². The van der Waals surface area contributed by atoms with Gasteiger partial charge in [0.25, 0.3) is 0 Å². The number of carboxylic acids is 1. The average molecular weight is 264 g/mol. The standard InChI is InChI=1S/C14H14ClNO2/c15-12-3-1-2-11(8-12)14(9-16)6-4-10(5-7-14)13(17)18/h1-3,8,10H,4-7H2,(H,17,18)/t10-,14-. The molecule has 0 radical (unpaired) electrons. The number of carboxylic acid groups (broad SMARTS) is 1. The highest BCUT2D eigenvalue weighted by atomic mass is 35.5. The Hall–Kier alpha value is -1.53. The van der Waals surface area contributed by atoms with E-state index in [0.717, 1.165) is 5.56 Å². The summed E-state index contributed by atoms with van der Waals surface area (Å²) in [7, 11) is 0. The molecule has 0 unspecified atom stereocenters. The Balaban J connectivity index is 2.25. The van der Waals surface area contributed by atoms with Crippen LogP contribution < -0.4 is 0 Å². The summed E-state index contributed by atoms with van der Waals surface area (Å²) in [6.45, 7) is 0. The molecule has 1 N–H and O–H groups in total. The fourth-order valence-electron chi connectivity index (χ4n) is 2.61. The Labute approximate surface area is 111 Å². The SMILES string of the molecule is N#C[C@]1(c2cccc(Cl)c2)CC[C@H](C(=O)O)CC1. The van der Waals surface area contributed by atoms with E-state index in [1.165, 1.54) is 0 Å². The highest BCUT2D eigenvalue weighted by Gasteiger charge is 2.39. The van der Waals surface area contributed by atoms with E-state index >= 15 is 0 Å². The van der Waals surface area contributed by atoms with E-state index in [0.29, 0.717) is 30.7 Å². The molecule has 0 saturated heterocycles. The smallest absolute Gasteiger partial charge is 0.306 e. The van der Waals surface area contributed by atoms with Crippen LogP contribution in [-0.2, 0) is 10.2 Å². The normalized spacial score (nSPS) is 27.4. The van der Waals surface area contributed by atoms with Crippen molar-refractivity contribution in [2.24, 2.45) is 5.92 Å². The third kappa shape index (κ3) is 2.34. The fraction of sp³-hybridized carbons (Fsp3) is 0.429. The first-order valence-electron chi connectivity index (χ1n) is 5.97. The molecule has 0 bridgehead atoms. The molecule has 1 fully saturated rings. The zero-order valence-electron chi connectivity index (χ0n) is 9.90. The van der Waals surface area contributed by atoms with E-state index in [4.69, 9.17) is 16.7 Å². The molecule has 0 atom stereocenters. The highest BCUT2D eigenvalue weighted by Crippen LogP contribution is 2.41. The Morgan fingerprint density at radius 2 is 2.11 bits per heavy atom. The van der Waals surface area contributed by atoms with Crippen LogP contribution in [0.5, 0.6) is 0 Å². The number of nitrogens with zero attached hydrogens (tertiary/aromatic N) is 1. The second-order valence-electron chi connectivity index (χ2n) is 4.82. The van der Waals surface area contributed by atoms with Gasteiger partial charge < -0.3 is 5.11 Å². The van der Waals surface area contributed by atoms with E-state index in [2.05, 4.69) is 6.07 Å². The van der Waals surface area contributed by atoms with Crippen LogP contribution in [0.1, 0.15) is 31.2 Å². The van der Waals surface area contributed by atoms with Crippen LogP contribution in [0.3, 0.4) is 0 Å². The molecule has 0 aliphatic heterocycles. The fourth-order valence-corrected chi connectivity index (χ4v) is 2.80. The summed E-state index contributed by atoms with van der Waals surface area (Å²) >= 11 is 5.96. The van der Waals surface area contributed by atoms with Crippen molar-refractivity contribution in [1.82, 2.24) is 0 Å². The van der Waals surface area contributed by atoms with Crippen molar-refractivity contribution in [2.45, 2.75) is 31.1 Å². The van der Waals surface area contributed by atoms with Gasteiger partial charge in [0.1, 0.15) is 0 Å². The van der Waals surface area contributed by atoms with Gasteiger partial charge in [-0.25, -0.2) is 0 Å². The maximum absolute atomic E-state index is 10.9. The van der Waals surface area contributed by atoms with Crippen molar-refractivity contribution in [2.75, 3.05) is 0 Å². The first-order chi connectivity index (χ1) is 8.57. The van der Waals surface area contributed by atoms with Gasteiger partial charge in [0.15, 0.2) is 0 Å². The Kier molecular flexibility index (Phi) is 3.58. The Morgan fingerprint density at radius 3 is 2.61 bits per heavy atom. The summed E-state index contributed by atoms with van der Waals surface area (Å²) in [5.74, 6) is -1.07. The van der Waals surface area contributed by atoms with Crippen LogP contribution >= 0.6 is 11.6 Å². The van der Waals surface area contributed by atoms with E-state index in [1.807, 2.05) is 18.2 Å². The molecule has 4 heteroatoms. The average Bonchev–Trinajstić information content (AvgIpc) is 2.38. The third-order valence-electron chi connectivity index (χ3n) is 3.78. The summed E-state index contributed by atoms with van der Waals surface area (Å²) in [6.07, 6.45) is 2.27. The quantitative estimate of drug-likeness (QED) is 0.890. The zero-order chi connectivity index (χ0) is 13.2. The van der Waals surface area contributed by atoms with Crippen molar-refractivity contribution in [1.29, 1.82) is 5.26 Å². The molecule has 0 heterocycles. The summed E-state index contributed by atoms with van der Waals surface area (Å²) in [4.78, 5) is 10.9. The lowest BCUT2D eigenvalue weighted by molar-refractivity contribution is -0.143. The number of carbonyl (C=O) groups is 1. The van der Waals surface area contributed by atoms with Crippen LogP contribution in [0.15, 0.2) is 24.3 Å². The van der Waals surface area contributed by atoms with Crippen molar-refractivity contribution >= 4 is 17.6 Å². The number of aliphatic carboxylic acids is 1. The van der Waals surface area contributed by atoms with Crippen LogP contribution in [0.2, 0.25) is 5.02 Å². The van der Waals surface area contributed by atoms with Gasteiger partial charge in [-0.1, -0.05) is 23.7 Å². The van der Waals surface area contributed by atoms with Crippen LogP contribution in [-0.4, -0.2) is 11.1 Å². The Bertz CT molecular complexity index is 499. The molecular weight excluding hydrogens is 250 g/mol. The van der Waals surface area contributed by atoms with Crippen LogP contribution in [0.25, 0.3) is 0 Å². The van der Waals surface area contributed by atoms with Crippen molar-refractivity contribution in [3.8, 4) is 6.07 Å². The number of hydrogen-bond donors (Lipinski definition) is 1. The second kappa shape index (κ2) is 4.99. The summed E-state index contributed by atoms with van der Waals surface area (Å²) in [5.41, 5.74) is 0.331. The molecule has 1 aromatic rings. The minimum Gasteiger partial charge on any atom is -0.481 e. The van der Waals surface area contributed by atoms with Gasteiger partial charge in [-0.2, -0.15) is 5.26 Å². The minimum absolute atomic E-state index is 0.314. The molecule has 0 aromatic heterocycles. The summed E-state index contributed by atoms with van der Waals surface area (Å²) in [6, 6.07) is 9.69. The summed E-state index contributed by atoms with van der Waals surface area (Å²) in [5, 5.41) is 19.1. The van der Waals surface area contributed by atoms with Gasteiger partial charge >= 0.3 is 5.97 Å². The van der Waals surface area contributed by atoms with Crippen molar-refractivity contribution in [3.63, 3.8) is 0 Å². The molecule has 3 nitrogen and oxygen atoms in total. The van der Waals surface area contributed by atoms with Gasteiger partial charge in [0.05, 0.1) is 17.4 Å². The predicted octanol–water partition coefficient (Wildman–Crippen LogP) is 3.38. The van der Waals surface area contributed by atoms with Gasteiger partial charge in [-0.3, -0.25) is 4.79 Å². The topological polar surface area (TPSA) is 61.1 Å². The first kappa shape index (κ1) is 12.9. The maximum atomic E-state index is 10.9. The molecule has 1 saturated carbocycles. The molecule has 0 spiro atoms. The lowest BCUT2D eigenvalue weighted by Crippen LogP contribution is -2.32. The van der Waals surface area contributed by atoms with Gasteiger partial charge in [-0.15, -0.1) is 0 Å². The molecule has 1 aliphatic carbocycles. The maximum Gasteiger partial charge on any atom is 0.306 e. The van der Waals surface area contributed by atoms with Crippen molar-refractivity contribution in [3.05, 3.63) is 34.9 Å². The number of rotatable bonds is 2. The van der Waals surface area contributed by atoms with E-state index < -0.39 is 11.4 Å². The lowest BCUT2D eigenvalue weighted by atomic mass is 9.67.